The van der Waals surface area contributed by atoms with E-state index in [1.54, 1.807) is 23.9 Å². The van der Waals surface area contributed by atoms with Crippen LogP contribution >= 0.6 is 11.8 Å². The maximum Gasteiger partial charge on any atom is 0.416 e. The smallest absolute Gasteiger partial charge is 0.416 e. The zero-order valence-electron chi connectivity index (χ0n) is 16.6. The number of halogens is 3. The summed E-state index contributed by atoms with van der Waals surface area (Å²) in [5.74, 6) is 0.694. The minimum Gasteiger partial charge on any atom is -0.481 e. The predicted octanol–water partition coefficient (Wildman–Crippen LogP) is 3.55. The van der Waals surface area contributed by atoms with Crippen LogP contribution in [0.25, 0.3) is 0 Å². The van der Waals surface area contributed by atoms with Gasteiger partial charge in [0.15, 0.2) is 0 Å². The van der Waals surface area contributed by atoms with Crippen molar-refractivity contribution < 1.29 is 33.3 Å². The largest absolute Gasteiger partial charge is 0.481 e. The lowest BCUT2D eigenvalue weighted by molar-refractivity contribution is -0.138. The molecule has 1 aliphatic heterocycles. The van der Waals surface area contributed by atoms with Crippen LogP contribution in [0.4, 0.5) is 13.2 Å². The maximum absolute atomic E-state index is 12.8. The van der Waals surface area contributed by atoms with Crippen LogP contribution in [0.5, 0.6) is 0 Å². The molecule has 0 aromatic heterocycles. The van der Waals surface area contributed by atoms with Gasteiger partial charge in [-0.1, -0.05) is 30.4 Å². The predicted molar refractivity (Wildman–Crippen MR) is 110 cm³/mol. The molecule has 1 aromatic rings. The number of nitrogens with zero attached hydrogens (tertiary/aromatic N) is 1. The molecule has 3 N–H and O–H groups in total. The zero-order chi connectivity index (χ0) is 22.1. The number of alkyl halides is 3. The van der Waals surface area contributed by atoms with Crippen molar-refractivity contribution in [3.63, 3.8) is 0 Å². The first kappa shape index (κ1) is 24.7. The van der Waals surface area contributed by atoms with Gasteiger partial charge in [0.2, 0.25) is 0 Å². The van der Waals surface area contributed by atoms with E-state index in [-0.39, 0.29) is 18.9 Å². The topological polar surface area (TPSA) is 81.0 Å². The summed E-state index contributed by atoms with van der Waals surface area (Å²) in [7, 11) is 0. The quantitative estimate of drug-likeness (QED) is 0.356. The second-order valence-electron chi connectivity index (χ2n) is 7.33. The van der Waals surface area contributed by atoms with E-state index in [9.17, 15) is 28.2 Å². The Balaban J connectivity index is 1.82. The molecule has 9 heteroatoms. The summed E-state index contributed by atoms with van der Waals surface area (Å²) in [6, 6.07) is 4.89. The molecule has 0 aliphatic carbocycles. The van der Waals surface area contributed by atoms with Crippen molar-refractivity contribution in [1.29, 1.82) is 0 Å². The van der Waals surface area contributed by atoms with E-state index in [2.05, 4.69) is 0 Å². The normalized spacial score (nSPS) is 21.4. The van der Waals surface area contributed by atoms with Crippen LogP contribution in [-0.2, 0) is 17.4 Å². The number of benzene rings is 1. The third-order valence-corrected chi connectivity index (χ3v) is 6.01. The number of thioether (sulfide) groups is 1. The molecule has 1 fully saturated rings. The lowest BCUT2D eigenvalue weighted by Crippen LogP contribution is -2.37. The molecule has 168 valence electrons. The van der Waals surface area contributed by atoms with Crippen LogP contribution in [-0.4, -0.2) is 62.6 Å². The summed E-state index contributed by atoms with van der Waals surface area (Å²) in [5, 5.41) is 29.0. The van der Waals surface area contributed by atoms with Crippen LogP contribution in [0.15, 0.2) is 36.4 Å². The van der Waals surface area contributed by atoms with Crippen LogP contribution < -0.4 is 0 Å². The third-order valence-electron chi connectivity index (χ3n) is 4.96. The van der Waals surface area contributed by atoms with Gasteiger partial charge in [0.05, 0.1) is 11.7 Å². The fraction of sp³-hybridized carbons (Fsp3) is 0.571. The fourth-order valence-corrected chi connectivity index (χ4v) is 4.32. The van der Waals surface area contributed by atoms with E-state index < -0.39 is 30.0 Å². The van der Waals surface area contributed by atoms with E-state index in [4.69, 9.17) is 5.11 Å². The molecule has 30 heavy (non-hydrogen) atoms. The first-order valence-corrected chi connectivity index (χ1v) is 11.1. The number of carboxylic acid groups (broad SMARTS) is 1. The second-order valence-corrected chi connectivity index (χ2v) is 8.55. The van der Waals surface area contributed by atoms with Crippen molar-refractivity contribution in [2.45, 2.75) is 56.7 Å². The standard InChI is InChI=1S/C21H28F3NO4S/c22-21(23,24)16-4-1-3-15(13-16)14-18(26)8-6-17-7-9-19(27)25(17)10-12-30-11-2-5-20(28)29/h1,3-4,6,8,13,17-19,26-27H,2,5,7,9-12,14H2,(H,28,29)/b8-6+/t17-,18+,19?/m0/s1. The van der Waals surface area contributed by atoms with Crippen molar-refractivity contribution in [2.24, 2.45) is 0 Å². The van der Waals surface area contributed by atoms with Crippen molar-refractivity contribution in [3.05, 3.63) is 47.5 Å². The van der Waals surface area contributed by atoms with Crippen LogP contribution in [0.2, 0.25) is 0 Å². The summed E-state index contributed by atoms with van der Waals surface area (Å²) in [6.07, 6.45) is -0.335. The highest BCUT2D eigenvalue weighted by Gasteiger charge is 2.31. The van der Waals surface area contributed by atoms with Crippen molar-refractivity contribution in [1.82, 2.24) is 4.90 Å². The van der Waals surface area contributed by atoms with Crippen LogP contribution in [0.3, 0.4) is 0 Å². The average molecular weight is 448 g/mol. The molecule has 0 spiro atoms. The van der Waals surface area contributed by atoms with E-state index in [1.807, 2.05) is 11.0 Å². The third kappa shape index (κ3) is 8.29. The van der Waals surface area contributed by atoms with E-state index in [0.29, 0.717) is 24.9 Å². The Hall–Kier alpha value is -1.55. The SMILES string of the molecule is O=C(O)CCCSCCN1C(O)CC[C@@H]1/C=C/[C@@H](O)Cc1cccc(C(F)(F)F)c1. The van der Waals surface area contributed by atoms with Gasteiger partial charge in [-0.25, -0.2) is 0 Å². The van der Waals surface area contributed by atoms with Crippen molar-refractivity contribution >= 4 is 17.7 Å². The minimum absolute atomic E-state index is 0.0456. The van der Waals surface area contributed by atoms with Crippen LogP contribution in [0, 0.1) is 0 Å². The number of rotatable bonds is 11. The maximum atomic E-state index is 12.8. The van der Waals surface area contributed by atoms with Gasteiger partial charge in [-0.15, -0.1) is 0 Å². The molecule has 0 bridgehead atoms. The molecule has 3 atom stereocenters. The lowest BCUT2D eigenvalue weighted by atomic mass is 10.0. The summed E-state index contributed by atoms with van der Waals surface area (Å²) in [5.41, 5.74) is -0.329. The summed E-state index contributed by atoms with van der Waals surface area (Å²) in [4.78, 5) is 12.4. The molecule has 1 unspecified atom stereocenters. The number of aliphatic carboxylic acids is 1. The Morgan fingerprint density at radius 3 is 2.77 bits per heavy atom. The summed E-state index contributed by atoms with van der Waals surface area (Å²) in [6.45, 7) is 0.637. The van der Waals surface area contributed by atoms with Gasteiger partial charge in [0.25, 0.3) is 0 Å². The summed E-state index contributed by atoms with van der Waals surface area (Å²) < 4.78 is 38.4. The van der Waals surface area contributed by atoms with E-state index in [1.165, 1.54) is 6.07 Å². The number of hydrogen-bond donors (Lipinski definition) is 3. The molecule has 0 saturated carbocycles. The highest BCUT2D eigenvalue weighted by atomic mass is 32.2. The molecule has 1 aromatic carbocycles. The Labute approximate surface area is 178 Å². The Morgan fingerprint density at radius 1 is 1.30 bits per heavy atom. The van der Waals surface area contributed by atoms with E-state index >= 15 is 0 Å². The van der Waals surface area contributed by atoms with Crippen molar-refractivity contribution in [2.75, 3.05) is 18.1 Å². The molecule has 2 rings (SSSR count). The zero-order valence-corrected chi connectivity index (χ0v) is 17.4. The van der Waals surface area contributed by atoms with Crippen LogP contribution in [0.1, 0.15) is 36.8 Å². The molecule has 0 amide bonds. The molecule has 1 heterocycles. The molecule has 0 radical (unpaired) electrons. The first-order valence-electron chi connectivity index (χ1n) is 9.92. The number of hydrogen-bond acceptors (Lipinski definition) is 5. The monoisotopic (exact) mass is 447 g/mol. The Morgan fingerprint density at radius 2 is 2.07 bits per heavy atom. The van der Waals surface area contributed by atoms with Gasteiger partial charge < -0.3 is 15.3 Å². The highest BCUT2D eigenvalue weighted by Crippen LogP contribution is 2.30. The molecular weight excluding hydrogens is 419 g/mol. The highest BCUT2D eigenvalue weighted by molar-refractivity contribution is 7.99. The minimum atomic E-state index is -4.41. The van der Waals surface area contributed by atoms with Gasteiger partial charge in [-0.3, -0.25) is 9.69 Å². The fourth-order valence-electron chi connectivity index (χ4n) is 3.43. The number of carboxylic acids is 1. The van der Waals surface area contributed by atoms with Gasteiger partial charge >= 0.3 is 12.1 Å². The number of aliphatic hydroxyl groups is 2. The number of likely N-dealkylation sites (tertiary alicyclic amines) is 1. The number of carbonyl (C=O) groups is 1. The Bertz CT molecular complexity index is 714. The summed E-state index contributed by atoms with van der Waals surface area (Å²) >= 11 is 1.63. The number of aliphatic hydroxyl groups excluding tert-OH is 2. The molecular formula is C21H28F3NO4S. The molecule has 1 aliphatic rings. The van der Waals surface area contributed by atoms with Gasteiger partial charge in [0, 0.05) is 31.2 Å². The van der Waals surface area contributed by atoms with Gasteiger partial charge in [-0.2, -0.15) is 24.9 Å². The van der Waals surface area contributed by atoms with Gasteiger partial charge in [-0.05, 0) is 36.6 Å². The Kier molecular flexibility index (Phi) is 9.67. The molecule has 1 saturated heterocycles. The van der Waals surface area contributed by atoms with Gasteiger partial charge in [0.1, 0.15) is 6.23 Å². The van der Waals surface area contributed by atoms with E-state index in [0.717, 1.165) is 30.1 Å². The molecule has 5 nitrogen and oxygen atoms in total. The average Bonchev–Trinajstić information content (AvgIpc) is 3.02. The lowest BCUT2D eigenvalue weighted by Gasteiger charge is -2.25. The first-order chi connectivity index (χ1) is 14.2. The second kappa shape index (κ2) is 11.7. The van der Waals surface area contributed by atoms with Crippen molar-refractivity contribution in [3.8, 4) is 0 Å².